The Morgan fingerprint density at radius 1 is 0.870 bits per heavy atom. The summed E-state index contributed by atoms with van der Waals surface area (Å²) in [5.41, 5.74) is 3.66. The van der Waals surface area contributed by atoms with Crippen LogP contribution in [0, 0.1) is 0 Å². The third kappa shape index (κ3) is 2.87. The lowest BCUT2D eigenvalue weighted by molar-refractivity contribution is 0.0932. The molecule has 2 aliphatic carbocycles. The molecule has 4 rings (SSSR count). The van der Waals surface area contributed by atoms with E-state index in [1.807, 2.05) is 6.07 Å². The van der Waals surface area contributed by atoms with Gasteiger partial charge < -0.3 is 5.32 Å². The molecule has 2 heteroatoms. The Kier molecular flexibility index (Phi) is 4.07. The van der Waals surface area contributed by atoms with Crippen LogP contribution >= 0.6 is 0 Å². The van der Waals surface area contributed by atoms with Crippen molar-refractivity contribution in [3.05, 3.63) is 47.0 Å². The van der Waals surface area contributed by atoms with Gasteiger partial charge in [0.05, 0.1) is 0 Å². The molecule has 0 unspecified atom stereocenters. The Labute approximate surface area is 138 Å². The first kappa shape index (κ1) is 14.7. The van der Waals surface area contributed by atoms with E-state index < -0.39 is 0 Å². The predicted octanol–water partition coefficient (Wildman–Crippen LogP) is 4.78. The summed E-state index contributed by atoms with van der Waals surface area (Å²) in [6.45, 7) is 0. The van der Waals surface area contributed by atoms with Gasteiger partial charge in [-0.25, -0.2) is 0 Å². The second-order valence-corrected chi connectivity index (χ2v) is 7.13. The van der Waals surface area contributed by atoms with E-state index >= 15 is 0 Å². The molecule has 0 spiro atoms. The van der Waals surface area contributed by atoms with E-state index in [0.717, 1.165) is 36.6 Å². The Hall–Kier alpha value is -1.83. The number of hydrogen-bond acceptors (Lipinski definition) is 1. The minimum atomic E-state index is 0.117. The van der Waals surface area contributed by atoms with Crippen molar-refractivity contribution < 1.29 is 4.79 Å². The third-order valence-corrected chi connectivity index (χ3v) is 5.56. The van der Waals surface area contributed by atoms with Crippen LogP contribution in [0.3, 0.4) is 0 Å². The second kappa shape index (κ2) is 6.35. The summed E-state index contributed by atoms with van der Waals surface area (Å²) in [6, 6.07) is 11.0. The van der Waals surface area contributed by atoms with Gasteiger partial charge in [0.2, 0.25) is 0 Å². The molecule has 1 amide bonds. The average molecular weight is 307 g/mol. The van der Waals surface area contributed by atoms with Crippen molar-refractivity contribution in [1.82, 2.24) is 5.32 Å². The standard InChI is InChI=1S/C21H25NO/c23-21(22-17-8-4-2-1-3-5-9-17)19-14-13-16-12-11-15-7-6-10-18(19)20(15)16/h6-7,10,13-14,17H,1-5,8-9,11-12H2,(H,22,23). The summed E-state index contributed by atoms with van der Waals surface area (Å²) in [7, 11) is 0. The summed E-state index contributed by atoms with van der Waals surface area (Å²) in [6.07, 6.45) is 11.0. The van der Waals surface area contributed by atoms with Crippen molar-refractivity contribution in [2.75, 3.05) is 0 Å². The molecule has 0 saturated heterocycles. The van der Waals surface area contributed by atoms with Gasteiger partial charge in [-0.2, -0.15) is 0 Å². The number of amides is 1. The van der Waals surface area contributed by atoms with Crippen LogP contribution < -0.4 is 5.32 Å². The molecular formula is C21H25NO. The highest BCUT2D eigenvalue weighted by Gasteiger charge is 2.20. The van der Waals surface area contributed by atoms with Crippen LogP contribution in [0.15, 0.2) is 30.3 Å². The highest BCUT2D eigenvalue weighted by molar-refractivity contribution is 6.09. The first-order valence-electron chi connectivity index (χ1n) is 9.17. The molecule has 2 aromatic carbocycles. The fourth-order valence-electron chi connectivity index (χ4n) is 4.31. The van der Waals surface area contributed by atoms with Gasteiger partial charge >= 0.3 is 0 Å². The molecule has 2 nitrogen and oxygen atoms in total. The van der Waals surface area contributed by atoms with Gasteiger partial charge in [-0.1, -0.05) is 56.4 Å². The van der Waals surface area contributed by atoms with Crippen molar-refractivity contribution >= 4 is 16.7 Å². The third-order valence-electron chi connectivity index (χ3n) is 5.56. The lowest BCUT2D eigenvalue weighted by Crippen LogP contribution is -2.35. The Morgan fingerprint density at radius 2 is 1.57 bits per heavy atom. The van der Waals surface area contributed by atoms with Gasteiger partial charge in [0.15, 0.2) is 0 Å². The fraction of sp³-hybridized carbons (Fsp3) is 0.476. The van der Waals surface area contributed by atoms with E-state index in [1.165, 1.54) is 48.6 Å². The maximum atomic E-state index is 12.9. The minimum Gasteiger partial charge on any atom is -0.349 e. The lowest BCUT2D eigenvalue weighted by Gasteiger charge is -2.21. The Balaban J connectivity index is 1.60. The number of rotatable bonds is 2. The normalized spacial score (nSPS) is 18.6. The number of hydrogen-bond donors (Lipinski definition) is 1. The van der Waals surface area contributed by atoms with Gasteiger partial charge in [0.1, 0.15) is 0 Å². The molecule has 1 fully saturated rings. The van der Waals surface area contributed by atoms with E-state index in [0.29, 0.717) is 6.04 Å². The molecule has 1 N–H and O–H groups in total. The number of benzene rings is 2. The van der Waals surface area contributed by atoms with Gasteiger partial charge in [-0.05, 0) is 53.6 Å². The molecule has 0 aliphatic heterocycles. The maximum Gasteiger partial charge on any atom is 0.252 e. The molecule has 1 saturated carbocycles. The fourth-order valence-corrected chi connectivity index (χ4v) is 4.31. The van der Waals surface area contributed by atoms with Crippen molar-refractivity contribution in [3.63, 3.8) is 0 Å². The molecular weight excluding hydrogens is 282 g/mol. The molecule has 2 aromatic rings. The predicted molar refractivity (Wildman–Crippen MR) is 94.9 cm³/mol. The van der Waals surface area contributed by atoms with Gasteiger partial charge in [-0.3, -0.25) is 4.79 Å². The summed E-state index contributed by atoms with van der Waals surface area (Å²) < 4.78 is 0. The molecule has 0 atom stereocenters. The van der Waals surface area contributed by atoms with Crippen LogP contribution in [-0.4, -0.2) is 11.9 Å². The monoisotopic (exact) mass is 307 g/mol. The van der Waals surface area contributed by atoms with Crippen molar-refractivity contribution in [2.45, 2.75) is 63.8 Å². The summed E-state index contributed by atoms with van der Waals surface area (Å²) in [5.74, 6) is 0.117. The first-order chi connectivity index (χ1) is 11.3. The zero-order valence-electron chi connectivity index (χ0n) is 13.7. The Bertz CT molecular complexity index is 716. The van der Waals surface area contributed by atoms with Crippen molar-refractivity contribution in [1.29, 1.82) is 0 Å². The van der Waals surface area contributed by atoms with E-state index in [2.05, 4.69) is 29.6 Å². The van der Waals surface area contributed by atoms with Crippen molar-refractivity contribution in [3.8, 4) is 0 Å². The number of carbonyl (C=O) groups excluding carboxylic acids is 1. The van der Waals surface area contributed by atoms with E-state index in [1.54, 1.807) is 0 Å². The van der Waals surface area contributed by atoms with Crippen LogP contribution in [0.4, 0.5) is 0 Å². The molecule has 2 aliphatic rings. The second-order valence-electron chi connectivity index (χ2n) is 7.13. The topological polar surface area (TPSA) is 29.1 Å². The number of carbonyl (C=O) groups is 1. The number of aryl methyl sites for hydroxylation is 2. The van der Waals surface area contributed by atoms with Crippen LogP contribution in [0.5, 0.6) is 0 Å². The van der Waals surface area contributed by atoms with E-state index in [4.69, 9.17) is 0 Å². The largest absolute Gasteiger partial charge is 0.349 e. The van der Waals surface area contributed by atoms with Crippen LogP contribution in [-0.2, 0) is 12.8 Å². The zero-order valence-corrected chi connectivity index (χ0v) is 13.7. The quantitative estimate of drug-likeness (QED) is 0.850. The molecule has 0 heterocycles. The summed E-state index contributed by atoms with van der Waals surface area (Å²) in [5, 5.41) is 5.79. The first-order valence-corrected chi connectivity index (χ1v) is 9.17. The molecule has 0 aromatic heterocycles. The SMILES string of the molecule is O=C(NC1CCCCCCC1)c1ccc2c3c(cccc13)CC2. The highest BCUT2D eigenvalue weighted by atomic mass is 16.1. The highest BCUT2D eigenvalue weighted by Crippen LogP contribution is 2.32. The van der Waals surface area contributed by atoms with Gasteiger partial charge in [-0.15, -0.1) is 0 Å². The molecule has 23 heavy (non-hydrogen) atoms. The summed E-state index contributed by atoms with van der Waals surface area (Å²) >= 11 is 0. The van der Waals surface area contributed by atoms with Crippen LogP contribution in [0.25, 0.3) is 10.8 Å². The Morgan fingerprint density at radius 3 is 2.35 bits per heavy atom. The van der Waals surface area contributed by atoms with Gasteiger partial charge in [0.25, 0.3) is 5.91 Å². The smallest absolute Gasteiger partial charge is 0.252 e. The molecule has 120 valence electrons. The average Bonchev–Trinajstić information content (AvgIpc) is 2.95. The molecule has 0 radical (unpaired) electrons. The van der Waals surface area contributed by atoms with Crippen LogP contribution in [0.2, 0.25) is 0 Å². The maximum absolute atomic E-state index is 12.9. The summed E-state index contributed by atoms with van der Waals surface area (Å²) in [4.78, 5) is 12.9. The lowest BCUT2D eigenvalue weighted by atomic mass is 9.95. The van der Waals surface area contributed by atoms with Crippen molar-refractivity contribution in [2.24, 2.45) is 0 Å². The zero-order chi connectivity index (χ0) is 15.6. The van der Waals surface area contributed by atoms with E-state index in [-0.39, 0.29) is 5.91 Å². The number of nitrogens with one attached hydrogen (secondary N) is 1. The van der Waals surface area contributed by atoms with E-state index in [9.17, 15) is 4.79 Å². The minimum absolute atomic E-state index is 0.117. The van der Waals surface area contributed by atoms with Gasteiger partial charge in [0, 0.05) is 11.6 Å². The van der Waals surface area contributed by atoms with Crippen LogP contribution in [0.1, 0.15) is 66.4 Å². The molecule has 0 bridgehead atoms.